The van der Waals surface area contributed by atoms with Crippen LogP contribution in [0.4, 0.5) is 0 Å². The summed E-state index contributed by atoms with van der Waals surface area (Å²) < 4.78 is 16.9. The first-order chi connectivity index (χ1) is 15.6. The maximum atomic E-state index is 12.5. The topological polar surface area (TPSA) is 61.8 Å². The Morgan fingerprint density at radius 1 is 0.706 bits per heavy atom. The van der Waals surface area contributed by atoms with Crippen molar-refractivity contribution in [2.75, 3.05) is 13.2 Å². The molecule has 0 aromatic heterocycles. The Labute approximate surface area is 212 Å². The smallest absolute Gasteiger partial charge is 0.320 e. The molecular weight excluding hydrogens is 444 g/mol. The number of hydrogen-bond donors (Lipinski definition) is 0. The summed E-state index contributed by atoms with van der Waals surface area (Å²) in [4.78, 5) is 25.0. The molecule has 5 nitrogen and oxygen atoms in total. The highest BCUT2D eigenvalue weighted by Gasteiger charge is 2.42. The third-order valence-corrected chi connectivity index (χ3v) is 7.19. The summed E-state index contributed by atoms with van der Waals surface area (Å²) in [6.07, 6.45) is 11.6. The van der Waals surface area contributed by atoms with E-state index in [1.54, 1.807) is 13.8 Å². The Hall–Kier alpha value is -0.883. The van der Waals surface area contributed by atoms with Crippen molar-refractivity contribution >= 4 is 20.3 Å². The summed E-state index contributed by atoms with van der Waals surface area (Å²) in [5.74, 6) is -1.81. The zero-order chi connectivity index (χ0) is 26.4. The van der Waals surface area contributed by atoms with Crippen LogP contribution in [0.25, 0.3) is 0 Å². The van der Waals surface area contributed by atoms with E-state index < -0.39 is 31.6 Å². The molecule has 34 heavy (non-hydrogen) atoms. The second kappa shape index (κ2) is 16.0. The maximum Gasteiger partial charge on any atom is 0.320 e. The Morgan fingerprint density at radius 2 is 1.15 bits per heavy atom. The van der Waals surface area contributed by atoms with E-state index in [4.69, 9.17) is 13.9 Å². The SMILES string of the molecule is CCOC(=O)C(C(=O)OCC)C(C)(C)CCCCCC(CCCCCC(C)(C)C)O[Si](C)(C)C. The predicted octanol–water partition coefficient (Wildman–Crippen LogP) is 7.92. The van der Waals surface area contributed by atoms with Gasteiger partial charge in [-0.3, -0.25) is 9.59 Å². The average molecular weight is 501 g/mol. The number of rotatable bonds is 18. The van der Waals surface area contributed by atoms with Gasteiger partial charge in [-0.25, -0.2) is 0 Å². The van der Waals surface area contributed by atoms with E-state index in [-0.39, 0.29) is 13.2 Å². The zero-order valence-electron chi connectivity index (χ0n) is 24.2. The van der Waals surface area contributed by atoms with Crippen LogP contribution in [-0.4, -0.2) is 39.6 Å². The lowest BCUT2D eigenvalue weighted by atomic mass is 9.74. The molecule has 0 aliphatic heterocycles. The fraction of sp³-hybridized carbons (Fsp3) is 0.929. The summed E-state index contributed by atoms with van der Waals surface area (Å²) in [5.41, 5.74) is -0.0820. The predicted molar refractivity (Wildman–Crippen MR) is 144 cm³/mol. The summed E-state index contributed by atoms with van der Waals surface area (Å²) in [6, 6.07) is 0. The van der Waals surface area contributed by atoms with Gasteiger partial charge in [-0.1, -0.05) is 73.1 Å². The third kappa shape index (κ3) is 15.9. The molecule has 0 aromatic carbocycles. The van der Waals surface area contributed by atoms with Crippen LogP contribution >= 0.6 is 0 Å². The first-order valence-corrected chi connectivity index (χ1v) is 17.0. The van der Waals surface area contributed by atoms with E-state index in [0.29, 0.717) is 11.5 Å². The average Bonchev–Trinajstić information content (AvgIpc) is 2.65. The largest absolute Gasteiger partial charge is 0.465 e. The van der Waals surface area contributed by atoms with Crippen molar-refractivity contribution in [3.8, 4) is 0 Å². The zero-order valence-corrected chi connectivity index (χ0v) is 25.2. The van der Waals surface area contributed by atoms with Crippen LogP contribution in [0.15, 0.2) is 0 Å². The minimum atomic E-state index is -1.58. The molecule has 0 saturated heterocycles. The number of hydrogen-bond acceptors (Lipinski definition) is 5. The molecule has 0 bridgehead atoms. The van der Waals surface area contributed by atoms with Gasteiger partial charge in [-0.2, -0.15) is 0 Å². The summed E-state index contributed by atoms with van der Waals surface area (Å²) in [7, 11) is -1.58. The van der Waals surface area contributed by atoms with Crippen molar-refractivity contribution in [2.45, 2.75) is 138 Å². The molecule has 0 aliphatic rings. The number of ether oxygens (including phenoxy) is 2. The minimum Gasteiger partial charge on any atom is -0.465 e. The van der Waals surface area contributed by atoms with Crippen LogP contribution in [0, 0.1) is 16.7 Å². The minimum absolute atomic E-state index is 0.263. The molecule has 0 amide bonds. The van der Waals surface area contributed by atoms with Crippen molar-refractivity contribution < 1.29 is 23.5 Å². The van der Waals surface area contributed by atoms with Gasteiger partial charge in [0.25, 0.3) is 0 Å². The lowest BCUT2D eigenvalue weighted by Gasteiger charge is -2.31. The number of carbonyl (C=O) groups excluding carboxylic acids is 2. The van der Waals surface area contributed by atoms with Crippen molar-refractivity contribution in [2.24, 2.45) is 16.7 Å². The highest BCUT2D eigenvalue weighted by Crippen LogP contribution is 2.35. The van der Waals surface area contributed by atoms with E-state index in [1.165, 1.54) is 25.7 Å². The molecular formula is C28H56O5Si. The summed E-state index contributed by atoms with van der Waals surface area (Å²) in [6.45, 7) is 21.7. The van der Waals surface area contributed by atoms with Gasteiger partial charge < -0.3 is 13.9 Å². The first kappa shape index (κ1) is 33.1. The lowest BCUT2D eigenvalue weighted by Crippen LogP contribution is -2.39. The number of carbonyl (C=O) groups is 2. The Balaban J connectivity index is 4.67. The second-order valence-corrected chi connectivity index (χ2v) is 17.0. The molecule has 0 saturated carbocycles. The first-order valence-electron chi connectivity index (χ1n) is 13.6. The normalized spacial score (nSPS) is 13.7. The van der Waals surface area contributed by atoms with E-state index in [2.05, 4.69) is 40.4 Å². The Morgan fingerprint density at radius 3 is 1.53 bits per heavy atom. The molecule has 0 spiro atoms. The van der Waals surface area contributed by atoms with Crippen LogP contribution in [0.2, 0.25) is 19.6 Å². The molecule has 0 rings (SSSR count). The number of unbranched alkanes of at least 4 members (excludes halogenated alkanes) is 4. The second-order valence-electron chi connectivity index (χ2n) is 12.5. The van der Waals surface area contributed by atoms with Crippen molar-refractivity contribution in [1.29, 1.82) is 0 Å². The molecule has 1 unspecified atom stereocenters. The Bertz CT molecular complexity index is 556. The molecule has 0 heterocycles. The van der Waals surface area contributed by atoms with E-state index in [9.17, 15) is 9.59 Å². The quantitative estimate of drug-likeness (QED) is 0.0827. The monoisotopic (exact) mass is 500 g/mol. The fourth-order valence-corrected chi connectivity index (χ4v) is 5.66. The lowest BCUT2D eigenvalue weighted by molar-refractivity contribution is -0.167. The molecule has 0 aromatic rings. The van der Waals surface area contributed by atoms with Crippen LogP contribution in [0.3, 0.4) is 0 Å². The Kier molecular flexibility index (Phi) is 15.6. The number of esters is 2. The molecule has 0 radical (unpaired) electrons. The standard InChI is InChI=1S/C28H56O5Si/c1-11-31-25(29)24(26(30)32-12-2)28(6,7)22-18-14-16-20-23(33-34(8,9)10)19-15-13-17-21-27(3,4)5/h23-24H,11-22H2,1-10H3. The molecule has 6 heteroatoms. The highest BCUT2D eigenvalue weighted by atomic mass is 28.4. The van der Waals surface area contributed by atoms with Crippen molar-refractivity contribution in [1.82, 2.24) is 0 Å². The molecule has 0 fully saturated rings. The summed E-state index contributed by atoms with van der Waals surface area (Å²) in [5, 5.41) is 0. The van der Waals surface area contributed by atoms with Gasteiger partial charge in [0.15, 0.2) is 14.2 Å². The van der Waals surface area contributed by atoms with Gasteiger partial charge in [0.1, 0.15) is 0 Å². The van der Waals surface area contributed by atoms with Crippen LogP contribution in [0.5, 0.6) is 0 Å². The fourth-order valence-electron chi connectivity index (χ4n) is 4.43. The van der Waals surface area contributed by atoms with Crippen LogP contribution in [0.1, 0.15) is 113 Å². The molecule has 1 atom stereocenters. The van der Waals surface area contributed by atoms with Crippen LogP contribution in [-0.2, 0) is 23.5 Å². The van der Waals surface area contributed by atoms with Gasteiger partial charge in [-0.05, 0) is 70.0 Å². The summed E-state index contributed by atoms with van der Waals surface area (Å²) >= 11 is 0. The molecule has 0 aliphatic carbocycles. The van der Waals surface area contributed by atoms with Crippen LogP contribution < -0.4 is 0 Å². The van der Waals surface area contributed by atoms with E-state index >= 15 is 0 Å². The van der Waals surface area contributed by atoms with Gasteiger partial charge in [0.05, 0.1) is 13.2 Å². The van der Waals surface area contributed by atoms with Crippen molar-refractivity contribution in [3.63, 3.8) is 0 Å². The van der Waals surface area contributed by atoms with Gasteiger partial charge in [0, 0.05) is 6.10 Å². The van der Waals surface area contributed by atoms with E-state index in [0.717, 1.165) is 38.5 Å². The highest BCUT2D eigenvalue weighted by molar-refractivity contribution is 6.69. The molecule has 202 valence electrons. The van der Waals surface area contributed by atoms with Crippen molar-refractivity contribution in [3.05, 3.63) is 0 Å². The van der Waals surface area contributed by atoms with E-state index in [1.807, 2.05) is 13.8 Å². The molecule has 0 N–H and O–H groups in total. The maximum absolute atomic E-state index is 12.5. The van der Waals surface area contributed by atoms with Gasteiger partial charge >= 0.3 is 11.9 Å². The van der Waals surface area contributed by atoms with Gasteiger partial charge in [0.2, 0.25) is 0 Å². The third-order valence-electron chi connectivity index (χ3n) is 6.15. The van der Waals surface area contributed by atoms with Gasteiger partial charge in [-0.15, -0.1) is 0 Å².